The highest BCUT2D eigenvalue weighted by atomic mass is 16.5. The summed E-state index contributed by atoms with van der Waals surface area (Å²) < 4.78 is 4.93. The van der Waals surface area contributed by atoms with Crippen molar-refractivity contribution in [3.05, 3.63) is 29.6 Å². The number of rotatable bonds is 4. The molecule has 0 fully saturated rings. The zero-order valence-corrected chi connectivity index (χ0v) is 7.97. The Morgan fingerprint density at radius 3 is 2.93 bits per heavy atom. The SMILES string of the molecule is COCCc1ccc(C(N)=NO)nc1. The summed E-state index contributed by atoms with van der Waals surface area (Å²) in [5, 5.41) is 11.3. The third kappa shape index (κ3) is 2.70. The van der Waals surface area contributed by atoms with Crippen molar-refractivity contribution in [1.82, 2.24) is 4.98 Å². The van der Waals surface area contributed by atoms with Crippen LogP contribution >= 0.6 is 0 Å². The fourth-order valence-electron chi connectivity index (χ4n) is 0.995. The number of nitrogens with two attached hydrogens (primary N) is 1. The van der Waals surface area contributed by atoms with Crippen LogP contribution in [0.4, 0.5) is 0 Å². The number of methoxy groups -OCH3 is 1. The molecule has 0 aliphatic carbocycles. The van der Waals surface area contributed by atoms with Gasteiger partial charge in [0.25, 0.3) is 0 Å². The lowest BCUT2D eigenvalue weighted by Gasteiger charge is -2.01. The minimum absolute atomic E-state index is 0.0169. The second-order valence-electron chi connectivity index (χ2n) is 2.78. The molecule has 0 aliphatic rings. The maximum atomic E-state index is 8.40. The van der Waals surface area contributed by atoms with Gasteiger partial charge in [-0.3, -0.25) is 4.98 Å². The van der Waals surface area contributed by atoms with E-state index in [1.165, 1.54) is 0 Å². The van der Waals surface area contributed by atoms with Crippen LogP contribution in [0.1, 0.15) is 11.3 Å². The van der Waals surface area contributed by atoms with Crippen LogP contribution in [0.15, 0.2) is 23.5 Å². The molecule has 1 rings (SSSR count). The molecule has 0 saturated heterocycles. The summed E-state index contributed by atoms with van der Waals surface area (Å²) in [6.45, 7) is 0.657. The van der Waals surface area contributed by atoms with Crippen molar-refractivity contribution in [3.8, 4) is 0 Å². The molecule has 0 unspecified atom stereocenters. The Kier molecular flexibility index (Phi) is 3.87. The fourth-order valence-corrected chi connectivity index (χ4v) is 0.995. The molecule has 1 aromatic rings. The van der Waals surface area contributed by atoms with Crippen molar-refractivity contribution in [1.29, 1.82) is 0 Å². The van der Waals surface area contributed by atoms with Crippen LogP contribution in [0, 0.1) is 0 Å². The lowest BCUT2D eigenvalue weighted by Crippen LogP contribution is -2.14. The van der Waals surface area contributed by atoms with Crippen molar-refractivity contribution in [2.24, 2.45) is 10.9 Å². The van der Waals surface area contributed by atoms with E-state index >= 15 is 0 Å². The number of nitrogens with zero attached hydrogens (tertiary/aromatic N) is 2. The van der Waals surface area contributed by atoms with Crippen molar-refractivity contribution in [2.75, 3.05) is 13.7 Å². The van der Waals surface area contributed by atoms with Crippen LogP contribution < -0.4 is 5.73 Å². The minimum Gasteiger partial charge on any atom is -0.409 e. The lowest BCUT2D eigenvalue weighted by atomic mass is 10.2. The van der Waals surface area contributed by atoms with Gasteiger partial charge in [-0.25, -0.2) is 0 Å². The lowest BCUT2D eigenvalue weighted by molar-refractivity contribution is 0.202. The number of amidine groups is 1. The molecule has 1 aromatic heterocycles. The number of oxime groups is 1. The third-order valence-electron chi connectivity index (χ3n) is 1.79. The van der Waals surface area contributed by atoms with Gasteiger partial charge >= 0.3 is 0 Å². The maximum absolute atomic E-state index is 8.40. The standard InChI is InChI=1S/C9H13N3O2/c1-14-5-4-7-2-3-8(11-6-7)9(10)12-13/h2-3,6,13H,4-5H2,1H3,(H2,10,12). The van der Waals surface area contributed by atoms with E-state index in [4.69, 9.17) is 15.7 Å². The monoisotopic (exact) mass is 195 g/mol. The summed E-state index contributed by atoms with van der Waals surface area (Å²) in [6, 6.07) is 3.58. The molecule has 76 valence electrons. The Labute approximate surface area is 82.2 Å². The zero-order valence-electron chi connectivity index (χ0n) is 7.97. The van der Waals surface area contributed by atoms with Crippen molar-refractivity contribution >= 4 is 5.84 Å². The average Bonchev–Trinajstić information content (AvgIpc) is 2.26. The van der Waals surface area contributed by atoms with E-state index in [2.05, 4.69) is 10.1 Å². The highest BCUT2D eigenvalue weighted by molar-refractivity contribution is 5.95. The van der Waals surface area contributed by atoms with Gasteiger partial charge in [0, 0.05) is 13.3 Å². The number of hydrogen-bond acceptors (Lipinski definition) is 4. The van der Waals surface area contributed by atoms with Gasteiger partial charge in [-0.2, -0.15) is 0 Å². The second-order valence-corrected chi connectivity index (χ2v) is 2.78. The van der Waals surface area contributed by atoms with E-state index in [-0.39, 0.29) is 5.84 Å². The normalized spacial score (nSPS) is 11.6. The first-order valence-corrected chi connectivity index (χ1v) is 4.19. The Morgan fingerprint density at radius 1 is 1.64 bits per heavy atom. The molecular formula is C9H13N3O2. The third-order valence-corrected chi connectivity index (χ3v) is 1.79. The molecule has 5 nitrogen and oxygen atoms in total. The average molecular weight is 195 g/mol. The van der Waals surface area contributed by atoms with E-state index in [1.807, 2.05) is 6.07 Å². The fraction of sp³-hybridized carbons (Fsp3) is 0.333. The molecule has 0 spiro atoms. The van der Waals surface area contributed by atoms with Crippen LogP contribution in [0.2, 0.25) is 0 Å². The molecule has 0 bridgehead atoms. The molecule has 0 aromatic carbocycles. The molecule has 0 radical (unpaired) electrons. The van der Waals surface area contributed by atoms with E-state index < -0.39 is 0 Å². The van der Waals surface area contributed by atoms with Crippen LogP contribution in [-0.4, -0.2) is 29.7 Å². The molecule has 14 heavy (non-hydrogen) atoms. The van der Waals surface area contributed by atoms with Gasteiger partial charge in [-0.05, 0) is 18.1 Å². The van der Waals surface area contributed by atoms with E-state index in [9.17, 15) is 0 Å². The quantitative estimate of drug-likeness (QED) is 0.315. The van der Waals surface area contributed by atoms with E-state index in [0.717, 1.165) is 12.0 Å². The predicted octanol–water partition coefficient (Wildman–Crippen LogP) is 0.365. The largest absolute Gasteiger partial charge is 0.409 e. The topological polar surface area (TPSA) is 80.7 Å². The number of aromatic nitrogens is 1. The van der Waals surface area contributed by atoms with Crippen molar-refractivity contribution < 1.29 is 9.94 Å². The van der Waals surface area contributed by atoms with Crippen LogP contribution in [-0.2, 0) is 11.2 Å². The molecule has 0 aliphatic heterocycles. The van der Waals surface area contributed by atoms with Gasteiger partial charge in [-0.15, -0.1) is 0 Å². The molecule has 1 heterocycles. The van der Waals surface area contributed by atoms with Gasteiger partial charge in [0.05, 0.1) is 6.61 Å². The summed E-state index contributed by atoms with van der Waals surface area (Å²) in [5.41, 5.74) is 6.88. The van der Waals surface area contributed by atoms with Crippen LogP contribution in [0.25, 0.3) is 0 Å². The number of pyridine rings is 1. The van der Waals surface area contributed by atoms with Crippen molar-refractivity contribution in [2.45, 2.75) is 6.42 Å². The first kappa shape index (κ1) is 10.5. The summed E-state index contributed by atoms with van der Waals surface area (Å²) in [7, 11) is 1.65. The van der Waals surface area contributed by atoms with Gasteiger partial charge in [0.15, 0.2) is 5.84 Å². The summed E-state index contributed by atoms with van der Waals surface area (Å²) in [5.74, 6) is 0.0169. The summed E-state index contributed by atoms with van der Waals surface area (Å²) in [6.07, 6.45) is 2.49. The van der Waals surface area contributed by atoms with Gasteiger partial charge < -0.3 is 15.7 Å². The van der Waals surface area contributed by atoms with E-state index in [0.29, 0.717) is 12.3 Å². The van der Waals surface area contributed by atoms with E-state index in [1.54, 1.807) is 19.4 Å². The molecular weight excluding hydrogens is 182 g/mol. The smallest absolute Gasteiger partial charge is 0.188 e. The predicted molar refractivity (Wildman–Crippen MR) is 52.3 cm³/mol. The maximum Gasteiger partial charge on any atom is 0.188 e. The Hall–Kier alpha value is -1.62. The summed E-state index contributed by atoms with van der Waals surface area (Å²) in [4.78, 5) is 4.03. The molecule has 0 amide bonds. The van der Waals surface area contributed by atoms with Gasteiger partial charge in [0.1, 0.15) is 5.69 Å². The zero-order chi connectivity index (χ0) is 10.4. The van der Waals surface area contributed by atoms with Crippen molar-refractivity contribution in [3.63, 3.8) is 0 Å². The Bertz CT molecular complexity index is 308. The Morgan fingerprint density at radius 2 is 2.43 bits per heavy atom. The molecule has 3 N–H and O–H groups in total. The molecule has 0 atom stereocenters. The van der Waals surface area contributed by atoms with Crippen LogP contribution in [0.5, 0.6) is 0 Å². The Balaban J connectivity index is 2.68. The van der Waals surface area contributed by atoms with Gasteiger partial charge in [0.2, 0.25) is 0 Å². The highest BCUT2D eigenvalue weighted by Crippen LogP contribution is 2.01. The number of hydrogen-bond donors (Lipinski definition) is 2. The second kappa shape index (κ2) is 5.18. The molecule has 5 heteroatoms. The number of ether oxygens (including phenoxy) is 1. The van der Waals surface area contributed by atoms with Crippen LogP contribution in [0.3, 0.4) is 0 Å². The molecule has 0 saturated carbocycles. The minimum atomic E-state index is 0.0169. The first-order valence-electron chi connectivity index (χ1n) is 4.19. The van der Waals surface area contributed by atoms with Gasteiger partial charge in [-0.1, -0.05) is 11.2 Å². The summed E-state index contributed by atoms with van der Waals surface area (Å²) >= 11 is 0. The highest BCUT2D eigenvalue weighted by Gasteiger charge is 2.00. The first-order chi connectivity index (χ1) is 6.77.